The third kappa shape index (κ3) is 8.10. The molecule has 7 nitrogen and oxygen atoms in total. The van der Waals surface area contributed by atoms with E-state index < -0.39 is 16.1 Å². The fourth-order valence-corrected chi connectivity index (χ4v) is 6.19. The minimum Gasteiger partial charge on any atom is -0.352 e. The molecule has 1 N–H and O–H groups in total. The Kier molecular flexibility index (Phi) is 10.9. The largest absolute Gasteiger partial charge is 0.352 e. The summed E-state index contributed by atoms with van der Waals surface area (Å²) in [5.74, 6) is -0.433. The highest BCUT2D eigenvalue weighted by Gasteiger charge is 2.29. The summed E-state index contributed by atoms with van der Waals surface area (Å²) in [6.45, 7) is 3.78. The van der Waals surface area contributed by atoms with Crippen molar-refractivity contribution in [2.75, 3.05) is 17.1 Å². The maximum atomic E-state index is 13.5. The van der Waals surface area contributed by atoms with Crippen LogP contribution in [0.25, 0.3) is 0 Å². The highest BCUT2D eigenvalue weighted by molar-refractivity contribution is 7.92. The number of benzene rings is 2. The molecule has 0 radical (unpaired) electrons. The number of carbonyl (C=O) groups is 2. The number of nitrogens with zero attached hydrogens (tertiary/aromatic N) is 2. The van der Waals surface area contributed by atoms with Crippen molar-refractivity contribution in [1.29, 1.82) is 0 Å². The van der Waals surface area contributed by atoms with Crippen molar-refractivity contribution < 1.29 is 18.0 Å². The summed E-state index contributed by atoms with van der Waals surface area (Å²) in [4.78, 5) is 28.2. The summed E-state index contributed by atoms with van der Waals surface area (Å²) in [6.07, 6.45) is 6.72. The number of hydrogen-bond acceptors (Lipinski definition) is 4. The van der Waals surface area contributed by atoms with Gasteiger partial charge in [0, 0.05) is 35.6 Å². The van der Waals surface area contributed by atoms with Crippen LogP contribution in [0.1, 0.15) is 63.0 Å². The van der Waals surface area contributed by atoms with Crippen molar-refractivity contribution in [2.45, 2.75) is 77.4 Å². The zero-order valence-corrected chi connectivity index (χ0v) is 24.6. The zero-order valence-electron chi connectivity index (χ0n) is 22.3. The van der Waals surface area contributed by atoms with Crippen LogP contribution in [0.15, 0.2) is 42.5 Å². The molecule has 1 saturated carbocycles. The smallest absolute Gasteiger partial charge is 0.242 e. The summed E-state index contributed by atoms with van der Waals surface area (Å²) >= 11 is 12.6. The molecule has 3 rings (SSSR count). The van der Waals surface area contributed by atoms with E-state index in [1.165, 1.54) is 15.6 Å². The van der Waals surface area contributed by atoms with E-state index in [2.05, 4.69) is 5.32 Å². The van der Waals surface area contributed by atoms with E-state index in [1.54, 1.807) is 38.1 Å². The Bertz CT molecular complexity index is 1230. The van der Waals surface area contributed by atoms with Gasteiger partial charge < -0.3 is 10.2 Å². The summed E-state index contributed by atoms with van der Waals surface area (Å²) in [5.41, 5.74) is 1.88. The van der Waals surface area contributed by atoms with Gasteiger partial charge in [0.05, 0.1) is 11.9 Å². The summed E-state index contributed by atoms with van der Waals surface area (Å²) in [6, 6.07) is 11.8. The van der Waals surface area contributed by atoms with E-state index in [0.29, 0.717) is 21.3 Å². The molecule has 0 aliphatic heterocycles. The Morgan fingerprint density at radius 1 is 1.03 bits per heavy atom. The number of hydrogen-bond donors (Lipinski definition) is 1. The van der Waals surface area contributed by atoms with Crippen LogP contribution >= 0.6 is 23.2 Å². The molecule has 1 unspecified atom stereocenters. The zero-order chi connectivity index (χ0) is 27.9. The van der Waals surface area contributed by atoms with E-state index in [1.807, 2.05) is 18.2 Å². The Hall–Kier alpha value is -2.29. The molecule has 1 aliphatic rings. The Balaban J connectivity index is 1.75. The molecule has 2 aromatic rings. The van der Waals surface area contributed by atoms with Crippen LogP contribution in [0.3, 0.4) is 0 Å². The normalized spacial score (nSPS) is 15.1. The van der Waals surface area contributed by atoms with Gasteiger partial charge in [0.1, 0.15) is 6.04 Å². The van der Waals surface area contributed by atoms with Crippen molar-refractivity contribution in [1.82, 2.24) is 10.2 Å². The van der Waals surface area contributed by atoms with E-state index >= 15 is 0 Å². The fourth-order valence-electron chi connectivity index (χ4n) is 4.81. The molecule has 0 aromatic heterocycles. The molecule has 0 saturated heterocycles. The average molecular weight is 583 g/mol. The van der Waals surface area contributed by atoms with Crippen LogP contribution in [-0.4, -0.2) is 50.0 Å². The maximum absolute atomic E-state index is 13.5. The topological polar surface area (TPSA) is 86.8 Å². The van der Waals surface area contributed by atoms with Crippen LogP contribution in [0, 0.1) is 6.92 Å². The second kappa shape index (κ2) is 13.7. The van der Waals surface area contributed by atoms with Gasteiger partial charge in [-0.25, -0.2) is 8.42 Å². The molecule has 10 heteroatoms. The van der Waals surface area contributed by atoms with E-state index in [4.69, 9.17) is 23.2 Å². The first-order valence-corrected chi connectivity index (χ1v) is 15.7. The second-order valence-electron chi connectivity index (χ2n) is 9.96. The lowest BCUT2D eigenvalue weighted by atomic mass is 9.95. The maximum Gasteiger partial charge on any atom is 0.242 e. The van der Waals surface area contributed by atoms with Crippen molar-refractivity contribution in [3.63, 3.8) is 0 Å². The van der Waals surface area contributed by atoms with Gasteiger partial charge in [0.25, 0.3) is 0 Å². The molecule has 208 valence electrons. The summed E-state index contributed by atoms with van der Waals surface area (Å²) in [5, 5.41) is 4.10. The van der Waals surface area contributed by atoms with Crippen LogP contribution in [-0.2, 0) is 26.2 Å². The fraction of sp³-hybridized carbons (Fsp3) is 0.500. The van der Waals surface area contributed by atoms with E-state index in [9.17, 15) is 18.0 Å². The number of carbonyl (C=O) groups excluding carboxylic acids is 2. The monoisotopic (exact) mass is 581 g/mol. The third-order valence-electron chi connectivity index (χ3n) is 7.08. The van der Waals surface area contributed by atoms with E-state index in [0.717, 1.165) is 37.5 Å². The predicted molar refractivity (Wildman–Crippen MR) is 154 cm³/mol. The second-order valence-corrected chi connectivity index (χ2v) is 12.7. The van der Waals surface area contributed by atoms with Gasteiger partial charge in [-0.2, -0.15) is 0 Å². The molecule has 0 heterocycles. The number of halogens is 2. The van der Waals surface area contributed by atoms with Gasteiger partial charge >= 0.3 is 0 Å². The Morgan fingerprint density at radius 3 is 2.34 bits per heavy atom. The highest BCUT2D eigenvalue weighted by atomic mass is 35.5. The lowest BCUT2D eigenvalue weighted by molar-refractivity contribution is -0.141. The molecule has 1 fully saturated rings. The van der Waals surface area contributed by atoms with Gasteiger partial charge in [-0.05, 0) is 62.4 Å². The quantitative estimate of drug-likeness (QED) is 0.368. The minimum absolute atomic E-state index is 0.0666. The third-order valence-corrected chi connectivity index (χ3v) is 9.04. The van der Waals surface area contributed by atoms with Crippen molar-refractivity contribution in [3.8, 4) is 0 Å². The summed E-state index contributed by atoms with van der Waals surface area (Å²) < 4.78 is 26.5. The number of amides is 2. The molecule has 0 bridgehead atoms. The summed E-state index contributed by atoms with van der Waals surface area (Å²) in [7, 11) is -3.61. The lowest BCUT2D eigenvalue weighted by Gasteiger charge is -2.32. The molecular weight excluding hydrogens is 545 g/mol. The molecule has 38 heavy (non-hydrogen) atoms. The first-order valence-electron chi connectivity index (χ1n) is 13.0. The Morgan fingerprint density at radius 2 is 1.68 bits per heavy atom. The number of nitrogens with one attached hydrogen (secondary N) is 1. The number of anilines is 1. The van der Waals surface area contributed by atoms with Crippen LogP contribution < -0.4 is 9.62 Å². The molecule has 2 aromatic carbocycles. The van der Waals surface area contributed by atoms with Gasteiger partial charge in [-0.15, -0.1) is 0 Å². The van der Waals surface area contributed by atoms with E-state index in [-0.39, 0.29) is 43.8 Å². The van der Waals surface area contributed by atoms with Crippen molar-refractivity contribution >= 4 is 50.7 Å². The van der Waals surface area contributed by atoms with Gasteiger partial charge in [-0.3, -0.25) is 13.9 Å². The lowest BCUT2D eigenvalue weighted by Crippen LogP contribution is -2.50. The van der Waals surface area contributed by atoms with Crippen LogP contribution in [0.2, 0.25) is 10.0 Å². The molecule has 1 atom stereocenters. The molecule has 0 spiro atoms. The van der Waals surface area contributed by atoms with Crippen molar-refractivity contribution in [2.24, 2.45) is 0 Å². The minimum atomic E-state index is -3.61. The van der Waals surface area contributed by atoms with Crippen LogP contribution in [0.5, 0.6) is 0 Å². The number of sulfonamides is 1. The van der Waals surface area contributed by atoms with Crippen molar-refractivity contribution in [3.05, 3.63) is 63.6 Å². The SMILES string of the molecule is Cc1c(Cl)cccc1N(CCCC(=O)N(Cc1ccccc1Cl)C(C)C(=O)NC1CCCCC1)S(C)(=O)=O. The standard InChI is InChI=1S/C28H37Cl2N3O4S/c1-20-24(29)15-9-16-26(20)33(38(3,36)37)18-10-17-27(34)32(19-22-11-7-8-14-25(22)30)21(2)28(35)31-23-12-5-4-6-13-23/h7-9,11,14-16,21,23H,4-6,10,12-13,17-19H2,1-3H3,(H,31,35). The highest BCUT2D eigenvalue weighted by Crippen LogP contribution is 2.29. The van der Waals surface area contributed by atoms with Gasteiger partial charge in [-0.1, -0.05) is 66.7 Å². The number of rotatable bonds is 11. The predicted octanol–water partition coefficient (Wildman–Crippen LogP) is 5.71. The first-order chi connectivity index (χ1) is 18.0. The Labute approximate surface area is 236 Å². The average Bonchev–Trinajstić information content (AvgIpc) is 2.87. The molecule has 2 amide bonds. The van der Waals surface area contributed by atoms with Gasteiger partial charge in [0.2, 0.25) is 21.8 Å². The molecular formula is C28H37Cl2N3O4S. The van der Waals surface area contributed by atoms with Crippen LogP contribution in [0.4, 0.5) is 5.69 Å². The van der Waals surface area contributed by atoms with Gasteiger partial charge in [0.15, 0.2) is 0 Å². The first kappa shape index (κ1) is 30.3. The molecule has 1 aliphatic carbocycles.